The molecule has 0 saturated carbocycles. The van der Waals surface area contributed by atoms with E-state index in [4.69, 9.17) is 9.47 Å². The molecule has 0 aliphatic carbocycles. The van der Waals surface area contributed by atoms with E-state index in [0.717, 1.165) is 6.42 Å². The van der Waals surface area contributed by atoms with Gasteiger partial charge in [-0.3, -0.25) is 0 Å². The van der Waals surface area contributed by atoms with Gasteiger partial charge in [-0.1, -0.05) is 0 Å². The normalized spacial score (nSPS) is 11.9. The first kappa shape index (κ1) is 14.4. The second-order valence-electron chi connectivity index (χ2n) is 4.29. The van der Waals surface area contributed by atoms with Crippen LogP contribution >= 0.6 is 0 Å². The van der Waals surface area contributed by atoms with Crippen molar-refractivity contribution in [3.63, 3.8) is 0 Å². The zero-order valence-corrected chi connectivity index (χ0v) is 10.3. The molecule has 0 atom stereocenters. The van der Waals surface area contributed by atoms with E-state index in [1.807, 2.05) is 27.7 Å². The molecule has 0 saturated heterocycles. The maximum Gasteiger partial charge on any atom is 0.331 e. The number of carbonyl (C=O) groups is 1. The third-order valence-corrected chi connectivity index (χ3v) is 1.96. The number of esters is 1. The summed E-state index contributed by atoms with van der Waals surface area (Å²) in [5.74, 6) is -0.354. The van der Waals surface area contributed by atoms with Crippen LogP contribution in [-0.4, -0.2) is 38.0 Å². The molecule has 0 aromatic heterocycles. The van der Waals surface area contributed by atoms with E-state index in [0.29, 0.717) is 6.61 Å². The van der Waals surface area contributed by atoms with Gasteiger partial charge in [-0.25, -0.2) is 4.79 Å². The van der Waals surface area contributed by atoms with Crippen molar-refractivity contribution < 1.29 is 19.0 Å². The minimum atomic E-state index is -0.358. The van der Waals surface area contributed by atoms with Crippen LogP contribution in [0.2, 0.25) is 0 Å². The Morgan fingerprint density at radius 1 is 1.33 bits per heavy atom. The Labute approximate surface area is 91.9 Å². The number of methoxy groups -OCH3 is 1. The fraction of sp³-hybridized carbons (Fsp3) is 0.909. The lowest BCUT2D eigenvalue weighted by Crippen LogP contribution is -2.30. The van der Waals surface area contributed by atoms with Crippen LogP contribution in [0.15, 0.2) is 0 Å². The van der Waals surface area contributed by atoms with E-state index >= 15 is 0 Å². The summed E-state index contributed by atoms with van der Waals surface area (Å²) in [6.45, 7) is 8.46. The predicted octanol–water partition coefficient (Wildman–Crippen LogP) is 1.77. The van der Waals surface area contributed by atoms with E-state index in [1.54, 1.807) is 0 Å². The molecule has 0 aliphatic rings. The lowest BCUT2D eigenvalue weighted by molar-refractivity contribution is -0.152. The Hall–Kier alpha value is -0.610. The Kier molecular flexibility index (Phi) is 6.52. The first-order valence-electron chi connectivity index (χ1n) is 5.20. The van der Waals surface area contributed by atoms with Crippen molar-refractivity contribution in [1.82, 2.24) is 0 Å². The average molecular weight is 218 g/mol. The smallest absolute Gasteiger partial charge is 0.331 e. The molecule has 0 amide bonds. The molecule has 0 rings (SSSR count). The number of rotatable bonds is 7. The van der Waals surface area contributed by atoms with Crippen LogP contribution in [0.4, 0.5) is 0 Å². The maximum absolute atomic E-state index is 10.9. The van der Waals surface area contributed by atoms with Crippen molar-refractivity contribution in [2.45, 2.75) is 45.8 Å². The lowest BCUT2D eigenvalue weighted by Gasteiger charge is -2.25. The van der Waals surface area contributed by atoms with Crippen molar-refractivity contribution in [2.24, 2.45) is 0 Å². The number of hydrogen-bond donors (Lipinski definition) is 0. The predicted molar refractivity (Wildman–Crippen MR) is 57.8 cm³/mol. The first-order chi connectivity index (χ1) is 6.87. The summed E-state index contributed by atoms with van der Waals surface area (Å²) in [6, 6.07) is 0. The van der Waals surface area contributed by atoms with E-state index in [9.17, 15) is 4.79 Å². The summed E-state index contributed by atoms with van der Waals surface area (Å²) in [5.41, 5.74) is -0.358. The van der Waals surface area contributed by atoms with Crippen LogP contribution in [0.3, 0.4) is 0 Å². The molecule has 4 heteroatoms. The zero-order chi connectivity index (χ0) is 11.9. The maximum atomic E-state index is 10.9. The van der Waals surface area contributed by atoms with E-state index < -0.39 is 0 Å². The van der Waals surface area contributed by atoms with Gasteiger partial charge in [0.15, 0.2) is 0 Å². The van der Waals surface area contributed by atoms with E-state index in [1.165, 1.54) is 7.11 Å². The Morgan fingerprint density at radius 3 is 2.40 bits per heavy atom. The standard InChI is InChI=1S/C11H22O4/c1-9(2)14-7-6-11(3,4)15-8-10(12)13-5/h9H,6-8H2,1-5H3. The molecule has 0 N–H and O–H groups in total. The number of ether oxygens (including phenoxy) is 3. The summed E-state index contributed by atoms with van der Waals surface area (Å²) < 4.78 is 15.3. The molecule has 0 radical (unpaired) electrons. The summed E-state index contributed by atoms with van der Waals surface area (Å²) in [7, 11) is 1.35. The third kappa shape index (κ3) is 8.39. The molecule has 0 bridgehead atoms. The second-order valence-corrected chi connectivity index (χ2v) is 4.29. The van der Waals surface area contributed by atoms with Crippen molar-refractivity contribution in [3.8, 4) is 0 Å². The molecular weight excluding hydrogens is 196 g/mol. The summed E-state index contributed by atoms with van der Waals surface area (Å²) in [6.07, 6.45) is 0.976. The van der Waals surface area contributed by atoms with Gasteiger partial charge in [0.05, 0.1) is 18.8 Å². The molecule has 0 heterocycles. The second kappa shape index (κ2) is 6.80. The topological polar surface area (TPSA) is 44.8 Å². The number of carbonyl (C=O) groups excluding carboxylic acids is 1. The Bertz CT molecular complexity index is 187. The third-order valence-electron chi connectivity index (χ3n) is 1.96. The molecule has 0 aromatic rings. The molecule has 0 aromatic carbocycles. The van der Waals surface area contributed by atoms with Crippen LogP contribution in [0, 0.1) is 0 Å². The van der Waals surface area contributed by atoms with Gasteiger partial charge >= 0.3 is 5.97 Å². The van der Waals surface area contributed by atoms with Crippen LogP contribution in [0.25, 0.3) is 0 Å². The van der Waals surface area contributed by atoms with Gasteiger partial charge in [0.1, 0.15) is 6.61 Å². The van der Waals surface area contributed by atoms with Crippen molar-refractivity contribution >= 4 is 5.97 Å². The molecule has 0 aliphatic heterocycles. The Morgan fingerprint density at radius 2 is 1.93 bits per heavy atom. The molecule has 4 nitrogen and oxygen atoms in total. The van der Waals surface area contributed by atoms with Crippen LogP contribution in [0.1, 0.15) is 34.1 Å². The van der Waals surface area contributed by atoms with Gasteiger partial charge in [0, 0.05) is 6.61 Å². The summed E-state index contributed by atoms with van der Waals surface area (Å²) >= 11 is 0. The zero-order valence-electron chi connectivity index (χ0n) is 10.3. The average Bonchev–Trinajstić information content (AvgIpc) is 2.13. The SMILES string of the molecule is COC(=O)COC(C)(C)CCOC(C)C. The minimum Gasteiger partial charge on any atom is -0.467 e. The largest absolute Gasteiger partial charge is 0.467 e. The van der Waals surface area contributed by atoms with Gasteiger partial charge in [-0.2, -0.15) is 0 Å². The van der Waals surface area contributed by atoms with Gasteiger partial charge in [0.25, 0.3) is 0 Å². The van der Waals surface area contributed by atoms with Gasteiger partial charge in [0.2, 0.25) is 0 Å². The van der Waals surface area contributed by atoms with Crippen molar-refractivity contribution in [2.75, 3.05) is 20.3 Å². The van der Waals surface area contributed by atoms with Crippen LogP contribution in [-0.2, 0) is 19.0 Å². The monoisotopic (exact) mass is 218 g/mol. The van der Waals surface area contributed by atoms with E-state index in [2.05, 4.69) is 4.74 Å². The number of hydrogen-bond acceptors (Lipinski definition) is 4. The van der Waals surface area contributed by atoms with Crippen molar-refractivity contribution in [3.05, 3.63) is 0 Å². The fourth-order valence-electron chi connectivity index (χ4n) is 0.926. The first-order valence-corrected chi connectivity index (χ1v) is 5.20. The highest BCUT2D eigenvalue weighted by Crippen LogP contribution is 2.14. The van der Waals surface area contributed by atoms with Gasteiger partial charge in [-0.05, 0) is 34.1 Å². The van der Waals surface area contributed by atoms with Gasteiger partial charge in [-0.15, -0.1) is 0 Å². The lowest BCUT2D eigenvalue weighted by atomic mass is 10.1. The van der Waals surface area contributed by atoms with Gasteiger partial charge < -0.3 is 14.2 Å². The highest BCUT2D eigenvalue weighted by molar-refractivity contribution is 5.70. The fourth-order valence-corrected chi connectivity index (χ4v) is 0.926. The molecule has 15 heavy (non-hydrogen) atoms. The quantitative estimate of drug-likeness (QED) is 0.611. The molecule has 0 fully saturated rings. The van der Waals surface area contributed by atoms with Crippen LogP contribution in [0.5, 0.6) is 0 Å². The van der Waals surface area contributed by atoms with E-state index in [-0.39, 0.29) is 24.3 Å². The molecular formula is C11H22O4. The minimum absolute atomic E-state index is 0.00875. The van der Waals surface area contributed by atoms with Crippen LogP contribution < -0.4 is 0 Å². The summed E-state index contributed by atoms with van der Waals surface area (Å²) in [4.78, 5) is 10.9. The highest BCUT2D eigenvalue weighted by atomic mass is 16.6. The molecule has 0 spiro atoms. The molecule has 90 valence electrons. The summed E-state index contributed by atoms with van der Waals surface area (Å²) in [5, 5.41) is 0. The van der Waals surface area contributed by atoms with Crippen molar-refractivity contribution in [1.29, 1.82) is 0 Å². The Balaban J connectivity index is 3.71. The highest BCUT2D eigenvalue weighted by Gasteiger charge is 2.20. The molecule has 0 unspecified atom stereocenters.